The van der Waals surface area contributed by atoms with Crippen LogP contribution in [-0.2, 0) is 10.2 Å². The summed E-state index contributed by atoms with van der Waals surface area (Å²) in [6.45, 7) is 8.96. The molecule has 2 amide bonds. The summed E-state index contributed by atoms with van der Waals surface area (Å²) in [6, 6.07) is 11.4. The molecular weight excluding hydrogens is 331 g/mol. The van der Waals surface area contributed by atoms with E-state index in [4.69, 9.17) is 0 Å². The van der Waals surface area contributed by atoms with Crippen molar-refractivity contribution in [1.82, 2.24) is 5.32 Å². The molecule has 0 aromatic heterocycles. The van der Waals surface area contributed by atoms with Crippen molar-refractivity contribution in [2.45, 2.75) is 46.1 Å². The van der Waals surface area contributed by atoms with E-state index in [1.165, 1.54) is 6.07 Å². The van der Waals surface area contributed by atoms with Crippen molar-refractivity contribution in [3.63, 3.8) is 0 Å². The summed E-state index contributed by atoms with van der Waals surface area (Å²) in [5.74, 6) is -0.882. The van der Waals surface area contributed by atoms with Crippen LogP contribution in [0, 0.1) is 12.7 Å². The molecule has 0 saturated carbocycles. The summed E-state index contributed by atoms with van der Waals surface area (Å²) in [7, 11) is 0. The number of halogens is 1. The van der Waals surface area contributed by atoms with Crippen LogP contribution in [0.2, 0.25) is 0 Å². The van der Waals surface area contributed by atoms with E-state index in [9.17, 15) is 14.0 Å². The molecule has 0 fully saturated rings. The van der Waals surface area contributed by atoms with E-state index >= 15 is 0 Å². The highest BCUT2D eigenvalue weighted by molar-refractivity contribution is 6.00. The van der Waals surface area contributed by atoms with Crippen molar-refractivity contribution in [3.05, 3.63) is 65.0 Å². The monoisotopic (exact) mass is 356 g/mol. The molecule has 0 atom stereocenters. The first kappa shape index (κ1) is 19.6. The van der Waals surface area contributed by atoms with Crippen molar-refractivity contribution >= 4 is 17.5 Å². The van der Waals surface area contributed by atoms with Crippen molar-refractivity contribution in [3.8, 4) is 0 Å². The highest BCUT2D eigenvalue weighted by Gasteiger charge is 2.32. The molecule has 0 aliphatic carbocycles. The minimum Gasteiger partial charge on any atom is -0.350 e. The lowest BCUT2D eigenvalue weighted by Gasteiger charge is -2.25. The van der Waals surface area contributed by atoms with Crippen molar-refractivity contribution in [2.75, 3.05) is 5.32 Å². The fraction of sp³-hybridized carbons (Fsp3) is 0.333. The smallest absolute Gasteiger partial charge is 0.251 e. The number of hydrogen-bond acceptors (Lipinski definition) is 2. The molecule has 0 bridgehead atoms. The second-order valence-corrected chi connectivity index (χ2v) is 7.22. The van der Waals surface area contributed by atoms with Crippen molar-refractivity contribution in [1.29, 1.82) is 0 Å². The van der Waals surface area contributed by atoms with E-state index in [1.54, 1.807) is 50.2 Å². The molecule has 2 rings (SSSR count). The standard InChI is InChI=1S/C21H25FN2O2/c1-13(2)23-19(25)16-11-10-15(12-14(16)3)24-20(26)21(4,5)17-8-6-7-9-18(17)22/h6-13H,1-5H3,(H,23,25)(H,24,26). The van der Waals surface area contributed by atoms with Crippen LogP contribution in [0.4, 0.5) is 10.1 Å². The van der Waals surface area contributed by atoms with Gasteiger partial charge in [-0.15, -0.1) is 0 Å². The van der Waals surface area contributed by atoms with Crippen LogP contribution in [0.15, 0.2) is 42.5 Å². The summed E-state index contributed by atoms with van der Waals surface area (Å²) in [5, 5.41) is 5.66. The number of carbonyl (C=O) groups excluding carboxylic acids is 2. The van der Waals surface area contributed by atoms with Crippen LogP contribution < -0.4 is 10.6 Å². The zero-order valence-corrected chi connectivity index (χ0v) is 15.8. The van der Waals surface area contributed by atoms with Crippen LogP contribution >= 0.6 is 0 Å². The average Bonchev–Trinajstić information content (AvgIpc) is 2.54. The van der Waals surface area contributed by atoms with E-state index in [1.807, 2.05) is 20.8 Å². The van der Waals surface area contributed by atoms with Gasteiger partial charge >= 0.3 is 0 Å². The van der Waals surface area contributed by atoms with E-state index in [2.05, 4.69) is 10.6 Å². The highest BCUT2D eigenvalue weighted by atomic mass is 19.1. The first-order valence-electron chi connectivity index (χ1n) is 8.61. The Labute approximate surface area is 153 Å². The number of anilines is 1. The summed E-state index contributed by atoms with van der Waals surface area (Å²) in [4.78, 5) is 24.9. The predicted molar refractivity (Wildman–Crippen MR) is 102 cm³/mol. The van der Waals surface area contributed by atoms with Crippen molar-refractivity contribution in [2.24, 2.45) is 0 Å². The molecule has 2 aromatic rings. The SMILES string of the molecule is Cc1cc(NC(=O)C(C)(C)c2ccccc2F)ccc1C(=O)NC(C)C. The molecule has 0 heterocycles. The minimum absolute atomic E-state index is 0.0443. The highest BCUT2D eigenvalue weighted by Crippen LogP contribution is 2.27. The van der Waals surface area contributed by atoms with Crippen LogP contribution in [0.25, 0.3) is 0 Å². The van der Waals surface area contributed by atoms with Gasteiger partial charge in [0.05, 0.1) is 5.41 Å². The molecule has 2 aromatic carbocycles. The van der Waals surface area contributed by atoms with Gasteiger partial charge in [-0.25, -0.2) is 4.39 Å². The average molecular weight is 356 g/mol. The van der Waals surface area contributed by atoms with Gasteiger partial charge in [0.1, 0.15) is 5.82 Å². The Kier molecular flexibility index (Phi) is 5.80. The summed E-state index contributed by atoms with van der Waals surface area (Å²) >= 11 is 0. The maximum atomic E-state index is 14.1. The van der Waals surface area contributed by atoms with Gasteiger partial charge in [-0.1, -0.05) is 18.2 Å². The van der Waals surface area contributed by atoms with Gasteiger partial charge in [0.2, 0.25) is 5.91 Å². The lowest BCUT2D eigenvalue weighted by Crippen LogP contribution is -2.35. The maximum absolute atomic E-state index is 14.1. The molecule has 0 saturated heterocycles. The predicted octanol–water partition coefficient (Wildman–Crippen LogP) is 4.19. The van der Waals surface area contributed by atoms with Crippen LogP contribution in [0.5, 0.6) is 0 Å². The Morgan fingerprint density at radius 2 is 1.73 bits per heavy atom. The number of nitrogens with one attached hydrogen (secondary N) is 2. The van der Waals surface area contributed by atoms with E-state index in [-0.39, 0.29) is 17.9 Å². The summed E-state index contributed by atoms with van der Waals surface area (Å²) < 4.78 is 14.1. The maximum Gasteiger partial charge on any atom is 0.251 e. The first-order valence-corrected chi connectivity index (χ1v) is 8.61. The first-order chi connectivity index (χ1) is 12.1. The van der Waals surface area contributed by atoms with E-state index in [0.717, 1.165) is 5.56 Å². The lowest BCUT2D eigenvalue weighted by molar-refractivity contribution is -0.120. The van der Waals surface area contributed by atoms with E-state index < -0.39 is 11.2 Å². The van der Waals surface area contributed by atoms with Gasteiger partial charge in [0.25, 0.3) is 5.91 Å². The Bertz CT molecular complexity index is 829. The number of benzene rings is 2. The molecule has 26 heavy (non-hydrogen) atoms. The zero-order valence-electron chi connectivity index (χ0n) is 15.8. The molecule has 138 valence electrons. The quantitative estimate of drug-likeness (QED) is 0.844. The molecule has 5 heteroatoms. The lowest BCUT2D eigenvalue weighted by atomic mass is 9.83. The molecule has 4 nitrogen and oxygen atoms in total. The fourth-order valence-electron chi connectivity index (χ4n) is 2.71. The summed E-state index contributed by atoms with van der Waals surface area (Å²) in [5.41, 5.74) is 1.18. The third-order valence-electron chi connectivity index (χ3n) is 4.26. The Morgan fingerprint density at radius 3 is 2.31 bits per heavy atom. The Morgan fingerprint density at radius 1 is 1.08 bits per heavy atom. The van der Waals surface area contributed by atoms with Gasteiger partial charge in [-0.2, -0.15) is 0 Å². The van der Waals surface area contributed by atoms with E-state index in [0.29, 0.717) is 16.8 Å². The largest absolute Gasteiger partial charge is 0.350 e. The zero-order chi connectivity index (χ0) is 19.5. The molecule has 0 spiro atoms. The van der Waals surface area contributed by atoms with Gasteiger partial charge in [0.15, 0.2) is 0 Å². The van der Waals surface area contributed by atoms with Crippen LogP contribution in [0.3, 0.4) is 0 Å². The van der Waals surface area contributed by atoms with Gasteiger partial charge < -0.3 is 10.6 Å². The Balaban J connectivity index is 2.20. The van der Waals surface area contributed by atoms with Crippen LogP contribution in [-0.4, -0.2) is 17.9 Å². The second-order valence-electron chi connectivity index (χ2n) is 7.22. The number of hydrogen-bond donors (Lipinski definition) is 2. The topological polar surface area (TPSA) is 58.2 Å². The number of rotatable bonds is 5. The second kappa shape index (κ2) is 7.68. The number of aryl methyl sites for hydroxylation is 1. The molecule has 0 unspecified atom stereocenters. The van der Waals surface area contributed by atoms with Gasteiger partial charge in [-0.3, -0.25) is 9.59 Å². The molecule has 0 aliphatic heterocycles. The minimum atomic E-state index is -1.03. The van der Waals surface area contributed by atoms with Crippen molar-refractivity contribution < 1.29 is 14.0 Å². The third-order valence-corrected chi connectivity index (χ3v) is 4.26. The van der Waals surface area contributed by atoms with Gasteiger partial charge in [0, 0.05) is 22.9 Å². The molecule has 2 N–H and O–H groups in total. The van der Waals surface area contributed by atoms with Crippen LogP contribution in [0.1, 0.15) is 49.2 Å². The number of carbonyl (C=O) groups is 2. The third kappa shape index (κ3) is 4.28. The molecular formula is C21H25FN2O2. The summed E-state index contributed by atoms with van der Waals surface area (Å²) in [6.07, 6.45) is 0. The Hall–Kier alpha value is -2.69. The fourth-order valence-corrected chi connectivity index (χ4v) is 2.71. The molecule has 0 aliphatic rings. The number of amides is 2. The van der Waals surface area contributed by atoms with Gasteiger partial charge in [-0.05, 0) is 64.4 Å². The normalized spacial score (nSPS) is 11.3. The molecule has 0 radical (unpaired) electrons.